The third-order valence-corrected chi connectivity index (χ3v) is 5.33. The summed E-state index contributed by atoms with van der Waals surface area (Å²) < 4.78 is 0. The molecule has 0 radical (unpaired) electrons. The van der Waals surface area contributed by atoms with Gasteiger partial charge in [0.05, 0.1) is 0 Å². The summed E-state index contributed by atoms with van der Waals surface area (Å²) >= 11 is 0. The second-order valence-corrected chi connectivity index (χ2v) is 6.64. The molecular formula is C15H28N2O2. The smallest absolute Gasteiger partial charge is 0.324 e. The minimum atomic E-state index is -0.673. The zero-order valence-corrected chi connectivity index (χ0v) is 12.5. The molecule has 2 fully saturated rings. The SMILES string of the molecule is CNC1(C(=O)O)CCCC1CCN(C)CC1CC1C. The summed E-state index contributed by atoms with van der Waals surface area (Å²) in [5, 5.41) is 12.6. The molecule has 0 saturated heterocycles. The normalized spacial score (nSPS) is 37.8. The van der Waals surface area contributed by atoms with Gasteiger partial charge in [0.2, 0.25) is 0 Å². The standard InChI is InChI=1S/C15H28N2O2/c1-11-9-12(11)10-17(3)8-6-13-5-4-7-15(13,16-2)14(18)19/h11-13,16H,4-10H2,1-3H3,(H,18,19). The Balaban J connectivity index is 1.82. The van der Waals surface area contributed by atoms with E-state index in [1.165, 1.54) is 13.0 Å². The van der Waals surface area contributed by atoms with Gasteiger partial charge in [-0.2, -0.15) is 0 Å². The molecule has 0 spiro atoms. The summed E-state index contributed by atoms with van der Waals surface area (Å²) in [6.07, 6.45) is 5.20. The van der Waals surface area contributed by atoms with Gasteiger partial charge in [-0.15, -0.1) is 0 Å². The Morgan fingerprint density at radius 1 is 1.53 bits per heavy atom. The summed E-state index contributed by atoms with van der Waals surface area (Å²) in [4.78, 5) is 13.9. The Kier molecular flexibility index (Phi) is 4.51. The van der Waals surface area contributed by atoms with Crippen LogP contribution < -0.4 is 5.32 Å². The molecule has 0 aromatic carbocycles. The second kappa shape index (κ2) is 5.80. The lowest BCUT2D eigenvalue weighted by molar-refractivity contribution is -0.146. The quantitative estimate of drug-likeness (QED) is 0.739. The van der Waals surface area contributed by atoms with Gasteiger partial charge in [0.25, 0.3) is 0 Å². The average Bonchev–Trinajstić information content (AvgIpc) is 2.91. The van der Waals surface area contributed by atoms with Crippen molar-refractivity contribution in [1.82, 2.24) is 10.2 Å². The fourth-order valence-corrected chi connectivity index (χ4v) is 3.71. The zero-order chi connectivity index (χ0) is 14.0. The highest BCUT2D eigenvalue weighted by atomic mass is 16.4. The number of aliphatic carboxylic acids is 1. The lowest BCUT2D eigenvalue weighted by atomic mass is 9.84. The number of rotatable bonds is 7. The van der Waals surface area contributed by atoms with Gasteiger partial charge in [0, 0.05) is 6.54 Å². The van der Waals surface area contributed by atoms with Crippen LogP contribution in [0.15, 0.2) is 0 Å². The van der Waals surface area contributed by atoms with E-state index in [4.69, 9.17) is 0 Å². The largest absolute Gasteiger partial charge is 0.480 e. The first-order valence-corrected chi connectivity index (χ1v) is 7.60. The minimum Gasteiger partial charge on any atom is -0.480 e. The number of nitrogens with one attached hydrogen (secondary N) is 1. The van der Waals surface area contributed by atoms with Crippen molar-refractivity contribution in [2.75, 3.05) is 27.2 Å². The van der Waals surface area contributed by atoms with Gasteiger partial charge in [-0.05, 0) is 64.1 Å². The second-order valence-electron chi connectivity index (χ2n) is 6.64. The van der Waals surface area contributed by atoms with Crippen LogP contribution in [0.1, 0.15) is 39.0 Å². The highest BCUT2D eigenvalue weighted by molar-refractivity contribution is 5.79. The third kappa shape index (κ3) is 3.11. The number of carboxylic acids is 1. The third-order valence-electron chi connectivity index (χ3n) is 5.33. The van der Waals surface area contributed by atoms with E-state index in [2.05, 4.69) is 24.2 Å². The monoisotopic (exact) mass is 268 g/mol. The number of likely N-dealkylation sites (N-methyl/N-ethyl adjacent to an activating group) is 1. The summed E-state index contributed by atoms with van der Waals surface area (Å²) in [6, 6.07) is 0. The van der Waals surface area contributed by atoms with Crippen molar-refractivity contribution in [2.45, 2.75) is 44.6 Å². The molecule has 0 amide bonds. The van der Waals surface area contributed by atoms with Gasteiger partial charge in [-0.25, -0.2) is 0 Å². The molecule has 110 valence electrons. The van der Waals surface area contributed by atoms with Gasteiger partial charge in [-0.3, -0.25) is 4.79 Å². The molecule has 0 aliphatic heterocycles. The molecule has 0 aromatic heterocycles. The molecule has 2 saturated carbocycles. The van der Waals surface area contributed by atoms with Crippen LogP contribution in [-0.4, -0.2) is 48.7 Å². The van der Waals surface area contributed by atoms with E-state index >= 15 is 0 Å². The highest BCUT2D eigenvalue weighted by Gasteiger charge is 2.47. The molecule has 4 nitrogen and oxygen atoms in total. The van der Waals surface area contributed by atoms with Gasteiger partial charge in [0.15, 0.2) is 0 Å². The fourth-order valence-electron chi connectivity index (χ4n) is 3.71. The van der Waals surface area contributed by atoms with Crippen molar-refractivity contribution < 1.29 is 9.90 Å². The molecule has 2 aliphatic rings. The summed E-state index contributed by atoms with van der Waals surface area (Å²) in [6.45, 7) is 4.50. The van der Waals surface area contributed by atoms with E-state index < -0.39 is 11.5 Å². The van der Waals surface area contributed by atoms with E-state index in [9.17, 15) is 9.90 Å². The van der Waals surface area contributed by atoms with E-state index in [0.717, 1.165) is 44.1 Å². The van der Waals surface area contributed by atoms with Gasteiger partial charge < -0.3 is 15.3 Å². The molecule has 2 rings (SSSR count). The Bertz CT molecular complexity index is 334. The van der Waals surface area contributed by atoms with Crippen LogP contribution in [0.25, 0.3) is 0 Å². The van der Waals surface area contributed by atoms with Gasteiger partial charge >= 0.3 is 5.97 Å². The zero-order valence-electron chi connectivity index (χ0n) is 12.5. The number of hydrogen-bond donors (Lipinski definition) is 2. The first-order chi connectivity index (χ1) is 8.99. The highest BCUT2D eigenvalue weighted by Crippen LogP contribution is 2.39. The van der Waals surface area contributed by atoms with Crippen molar-refractivity contribution in [2.24, 2.45) is 17.8 Å². The van der Waals surface area contributed by atoms with E-state index in [1.807, 2.05) is 0 Å². The van der Waals surface area contributed by atoms with Crippen LogP contribution in [0.4, 0.5) is 0 Å². The topological polar surface area (TPSA) is 52.6 Å². The maximum absolute atomic E-state index is 11.6. The van der Waals surface area contributed by atoms with Crippen molar-refractivity contribution in [3.05, 3.63) is 0 Å². The Hall–Kier alpha value is -0.610. The molecule has 4 unspecified atom stereocenters. The predicted octanol–water partition coefficient (Wildman–Crippen LogP) is 1.81. The number of hydrogen-bond acceptors (Lipinski definition) is 3. The van der Waals surface area contributed by atoms with Crippen LogP contribution in [0, 0.1) is 17.8 Å². The molecular weight excluding hydrogens is 240 g/mol. The maximum atomic E-state index is 11.6. The van der Waals surface area contributed by atoms with Crippen molar-refractivity contribution >= 4 is 5.97 Å². The molecule has 4 atom stereocenters. The van der Waals surface area contributed by atoms with E-state index in [1.54, 1.807) is 7.05 Å². The van der Waals surface area contributed by atoms with Crippen molar-refractivity contribution in [1.29, 1.82) is 0 Å². The Morgan fingerprint density at radius 3 is 2.74 bits per heavy atom. The first kappa shape index (κ1) is 14.8. The van der Waals surface area contributed by atoms with Crippen LogP contribution in [0.5, 0.6) is 0 Å². The summed E-state index contributed by atoms with van der Waals surface area (Å²) in [7, 11) is 3.96. The molecule has 2 aliphatic carbocycles. The first-order valence-electron chi connectivity index (χ1n) is 7.60. The summed E-state index contributed by atoms with van der Waals surface area (Å²) in [5.74, 6) is 1.37. The molecule has 0 heterocycles. The van der Waals surface area contributed by atoms with Gasteiger partial charge in [-0.1, -0.05) is 13.3 Å². The Morgan fingerprint density at radius 2 is 2.21 bits per heavy atom. The molecule has 4 heteroatoms. The summed E-state index contributed by atoms with van der Waals surface area (Å²) in [5.41, 5.74) is -0.673. The van der Waals surface area contributed by atoms with Crippen LogP contribution >= 0.6 is 0 Å². The number of nitrogens with zero attached hydrogens (tertiary/aromatic N) is 1. The molecule has 2 N–H and O–H groups in total. The minimum absolute atomic E-state index is 0.272. The molecule has 0 aromatic rings. The lowest BCUT2D eigenvalue weighted by Gasteiger charge is -2.32. The lowest BCUT2D eigenvalue weighted by Crippen LogP contribution is -2.53. The van der Waals surface area contributed by atoms with E-state index in [-0.39, 0.29) is 5.92 Å². The number of carboxylic acid groups (broad SMARTS) is 1. The molecule has 0 bridgehead atoms. The number of carbonyl (C=O) groups is 1. The average molecular weight is 268 g/mol. The Labute approximate surface area is 116 Å². The maximum Gasteiger partial charge on any atom is 0.324 e. The fraction of sp³-hybridized carbons (Fsp3) is 0.933. The van der Waals surface area contributed by atoms with Gasteiger partial charge in [0.1, 0.15) is 5.54 Å². The van der Waals surface area contributed by atoms with Crippen LogP contribution in [-0.2, 0) is 4.79 Å². The van der Waals surface area contributed by atoms with Crippen molar-refractivity contribution in [3.63, 3.8) is 0 Å². The van der Waals surface area contributed by atoms with Crippen LogP contribution in [0.3, 0.4) is 0 Å². The van der Waals surface area contributed by atoms with E-state index in [0.29, 0.717) is 0 Å². The predicted molar refractivity (Wildman–Crippen MR) is 76.2 cm³/mol. The van der Waals surface area contributed by atoms with Crippen molar-refractivity contribution in [3.8, 4) is 0 Å². The molecule has 19 heavy (non-hydrogen) atoms. The van der Waals surface area contributed by atoms with Crippen LogP contribution in [0.2, 0.25) is 0 Å².